The lowest BCUT2D eigenvalue weighted by molar-refractivity contribution is -0.274. The number of tetrazole rings is 1. The predicted molar refractivity (Wildman–Crippen MR) is 93.0 cm³/mol. The van der Waals surface area contributed by atoms with E-state index in [0.29, 0.717) is 6.54 Å². The molecule has 0 aliphatic carbocycles. The van der Waals surface area contributed by atoms with Gasteiger partial charge in [-0.3, -0.25) is 14.9 Å². The van der Waals surface area contributed by atoms with Gasteiger partial charge >= 0.3 is 6.36 Å². The second-order valence-electron chi connectivity index (χ2n) is 5.76. The summed E-state index contributed by atoms with van der Waals surface area (Å²) in [5, 5.41) is 14.9. The summed E-state index contributed by atoms with van der Waals surface area (Å²) in [5.41, 5.74) is -0.679. The molecule has 28 heavy (non-hydrogen) atoms. The van der Waals surface area contributed by atoms with Crippen LogP contribution in [0.15, 0.2) is 12.1 Å². The van der Waals surface area contributed by atoms with Crippen molar-refractivity contribution in [1.29, 1.82) is 0 Å². The fraction of sp³-hybridized carbons (Fsp3) is 0.400. The fourth-order valence-corrected chi connectivity index (χ4v) is 2.29. The summed E-state index contributed by atoms with van der Waals surface area (Å²) in [6.45, 7) is 5.18. The number of hydrogen-bond acceptors (Lipinski definition) is 6. The lowest BCUT2D eigenvalue weighted by atomic mass is 10.1. The maximum atomic E-state index is 12.7. The number of amides is 2. The molecule has 9 nitrogen and oxygen atoms in total. The SMILES string of the molecule is CCn1nnnc1NC(=O)c1ccc(OC(F)(F)F)c(NC(=O)C(C)C)c1Cl. The number of anilines is 2. The predicted octanol–water partition coefficient (Wildman–Crippen LogP) is 3.09. The third kappa shape index (κ3) is 5.09. The van der Waals surface area contributed by atoms with E-state index in [1.165, 1.54) is 18.5 Å². The second-order valence-corrected chi connectivity index (χ2v) is 6.14. The van der Waals surface area contributed by atoms with Crippen molar-refractivity contribution in [2.24, 2.45) is 5.92 Å². The molecule has 0 fully saturated rings. The molecule has 0 bridgehead atoms. The standard InChI is InChI=1S/C15H16ClF3N6O3/c1-4-25-14(22-23-24-25)21-13(27)8-5-6-9(28-15(17,18)19)11(10(8)16)20-12(26)7(2)3/h5-7H,4H2,1-3H3,(H,20,26)(H,21,22,24,27). The number of aromatic nitrogens is 4. The third-order valence-corrected chi connectivity index (χ3v) is 3.80. The van der Waals surface area contributed by atoms with Crippen molar-refractivity contribution < 1.29 is 27.5 Å². The van der Waals surface area contributed by atoms with Gasteiger partial charge in [-0.05, 0) is 29.5 Å². The molecule has 0 unspecified atom stereocenters. The molecule has 0 aliphatic heterocycles. The highest BCUT2D eigenvalue weighted by atomic mass is 35.5. The first-order valence-corrected chi connectivity index (χ1v) is 8.37. The minimum atomic E-state index is -5.02. The monoisotopic (exact) mass is 420 g/mol. The molecule has 1 aromatic heterocycles. The molecule has 1 aromatic carbocycles. The summed E-state index contributed by atoms with van der Waals surface area (Å²) in [6, 6.07) is 1.91. The number of rotatable bonds is 6. The second kappa shape index (κ2) is 8.42. The number of carbonyl (C=O) groups excluding carboxylic acids is 2. The molecule has 0 spiro atoms. The average Bonchev–Trinajstić information content (AvgIpc) is 3.03. The van der Waals surface area contributed by atoms with Crippen LogP contribution in [0.2, 0.25) is 5.02 Å². The van der Waals surface area contributed by atoms with E-state index in [1.807, 2.05) is 0 Å². The maximum Gasteiger partial charge on any atom is 0.573 e. The van der Waals surface area contributed by atoms with Gasteiger partial charge in [-0.25, -0.2) is 4.68 Å². The number of carbonyl (C=O) groups is 2. The number of halogens is 4. The van der Waals surface area contributed by atoms with E-state index in [2.05, 4.69) is 30.9 Å². The number of aryl methyl sites for hydroxylation is 1. The van der Waals surface area contributed by atoms with Gasteiger partial charge in [0.15, 0.2) is 5.75 Å². The Hall–Kier alpha value is -2.89. The van der Waals surface area contributed by atoms with Crippen LogP contribution < -0.4 is 15.4 Å². The number of alkyl halides is 3. The average molecular weight is 421 g/mol. The van der Waals surface area contributed by atoms with Crippen molar-refractivity contribution in [2.45, 2.75) is 33.7 Å². The minimum Gasteiger partial charge on any atom is -0.404 e. The van der Waals surface area contributed by atoms with Gasteiger partial charge in [0.2, 0.25) is 11.9 Å². The number of ether oxygens (including phenoxy) is 1. The van der Waals surface area contributed by atoms with Crippen molar-refractivity contribution in [1.82, 2.24) is 20.2 Å². The molecular weight excluding hydrogens is 405 g/mol. The van der Waals surface area contributed by atoms with Crippen LogP contribution in [0.1, 0.15) is 31.1 Å². The Labute approximate surface area is 162 Å². The molecule has 152 valence electrons. The molecule has 0 saturated heterocycles. The fourth-order valence-electron chi connectivity index (χ4n) is 2.00. The van der Waals surface area contributed by atoms with E-state index in [0.717, 1.165) is 12.1 Å². The molecule has 2 rings (SSSR count). The summed E-state index contributed by atoms with van der Waals surface area (Å²) in [7, 11) is 0. The zero-order chi connectivity index (χ0) is 21.1. The summed E-state index contributed by atoms with van der Waals surface area (Å²) in [4.78, 5) is 24.5. The molecule has 1 heterocycles. The van der Waals surface area contributed by atoms with Crippen molar-refractivity contribution in [2.75, 3.05) is 10.6 Å². The van der Waals surface area contributed by atoms with Crippen LogP contribution in [-0.4, -0.2) is 38.4 Å². The molecule has 0 atom stereocenters. The summed E-state index contributed by atoms with van der Waals surface area (Å²) in [6.07, 6.45) is -5.02. The van der Waals surface area contributed by atoms with Gasteiger partial charge in [-0.1, -0.05) is 30.5 Å². The Morgan fingerprint density at radius 3 is 2.54 bits per heavy atom. The highest BCUT2D eigenvalue weighted by Gasteiger charge is 2.34. The molecule has 0 radical (unpaired) electrons. The number of hydrogen-bond donors (Lipinski definition) is 2. The van der Waals surface area contributed by atoms with Crippen LogP contribution in [0.25, 0.3) is 0 Å². The van der Waals surface area contributed by atoms with Crippen LogP contribution in [0.5, 0.6) is 5.75 Å². The largest absolute Gasteiger partial charge is 0.573 e. The van der Waals surface area contributed by atoms with Crippen LogP contribution in [0.4, 0.5) is 24.8 Å². The number of nitrogens with one attached hydrogen (secondary N) is 2. The quantitative estimate of drug-likeness (QED) is 0.742. The Bertz CT molecular complexity index is 884. The van der Waals surface area contributed by atoms with Crippen LogP contribution in [0.3, 0.4) is 0 Å². The van der Waals surface area contributed by atoms with Gasteiger partial charge in [0.1, 0.15) is 5.69 Å². The van der Waals surface area contributed by atoms with Crippen molar-refractivity contribution in [3.05, 3.63) is 22.7 Å². The van der Waals surface area contributed by atoms with Gasteiger partial charge in [0.05, 0.1) is 10.6 Å². The lowest BCUT2D eigenvalue weighted by Crippen LogP contribution is -2.23. The highest BCUT2D eigenvalue weighted by Crippen LogP contribution is 2.38. The van der Waals surface area contributed by atoms with E-state index < -0.39 is 40.6 Å². The molecule has 2 aromatic rings. The van der Waals surface area contributed by atoms with Crippen LogP contribution in [-0.2, 0) is 11.3 Å². The molecule has 13 heteroatoms. The van der Waals surface area contributed by atoms with E-state index in [9.17, 15) is 22.8 Å². The van der Waals surface area contributed by atoms with Crippen molar-refractivity contribution in [3.63, 3.8) is 0 Å². The van der Waals surface area contributed by atoms with Crippen molar-refractivity contribution in [3.8, 4) is 5.75 Å². The summed E-state index contributed by atoms with van der Waals surface area (Å²) >= 11 is 6.12. The molecule has 2 amide bonds. The number of nitrogens with zero attached hydrogens (tertiary/aromatic N) is 4. The van der Waals surface area contributed by atoms with Gasteiger partial charge < -0.3 is 10.1 Å². The first-order chi connectivity index (χ1) is 13.0. The molecule has 0 aliphatic rings. The van der Waals surface area contributed by atoms with Gasteiger partial charge in [-0.15, -0.1) is 13.2 Å². The highest BCUT2D eigenvalue weighted by molar-refractivity contribution is 6.37. The molecule has 0 saturated carbocycles. The zero-order valence-electron chi connectivity index (χ0n) is 15.0. The number of benzene rings is 1. The van der Waals surface area contributed by atoms with Crippen LogP contribution in [0, 0.1) is 5.92 Å². The summed E-state index contributed by atoms with van der Waals surface area (Å²) < 4.78 is 43.2. The normalized spacial score (nSPS) is 11.4. The van der Waals surface area contributed by atoms with Gasteiger partial charge in [0, 0.05) is 12.5 Å². The van der Waals surface area contributed by atoms with Gasteiger partial charge in [0.25, 0.3) is 5.91 Å². The van der Waals surface area contributed by atoms with Crippen LogP contribution >= 0.6 is 11.6 Å². The smallest absolute Gasteiger partial charge is 0.404 e. The summed E-state index contributed by atoms with van der Waals surface area (Å²) in [5.74, 6) is -2.68. The first-order valence-electron chi connectivity index (χ1n) is 8.00. The Balaban J connectivity index is 2.42. The Morgan fingerprint density at radius 2 is 1.96 bits per heavy atom. The van der Waals surface area contributed by atoms with E-state index in [1.54, 1.807) is 6.92 Å². The van der Waals surface area contributed by atoms with E-state index in [-0.39, 0.29) is 11.5 Å². The van der Waals surface area contributed by atoms with Crippen molar-refractivity contribution >= 4 is 35.1 Å². The van der Waals surface area contributed by atoms with E-state index >= 15 is 0 Å². The van der Waals surface area contributed by atoms with E-state index in [4.69, 9.17) is 11.6 Å². The zero-order valence-corrected chi connectivity index (χ0v) is 15.7. The first kappa shape index (κ1) is 21.4. The Kier molecular flexibility index (Phi) is 6.44. The Morgan fingerprint density at radius 1 is 1.29 bits per heavy atom. The van der Waals surface area contributed by atoms with Gasteiger partial charge in [-0.2, -0.15) is 0 Å². The molecule has 2 N–H and O–H groups in total. The minimum absolute atomic E-state index is 0.0203. The lowest BCUT2D eigenvalue weighted by Gasteiger charge is -2.18. The maximum absolute atomic E-state index is 12.7. The topological polar surface area (TPSA) is 111 Å². The molecular formula is C15H16ClF3N6O3. The third-order valence-electron chi connectivity index (χ3n) is 3.40.